The molecule has 0 aliphatic carbocycles. The molecule has 0 radical (unpaired) electrons. The van der Waals surface area contributed by atoms with Gasteiger partial charge in [0.15, 0.2) is 0 Å². The average molecular weight is 366 g/mol. The molecule has 24 heavy (non-hydrogen) atoms. The van der Waals surface area contributed by atoms with E-state index in [9.17, 15) is 8.42 Å². The molecule has 0 spiro atoms. The van der Waals surface area contributed by atoms with Gasteiger partial charge in [0.25, 0.3) is 0 Å². The Labute approximate surface area is 148 Å². The fraction of sp³-hybridized carbons (Fsp3) is 0.412. The molecule has 0 amide bonds. The van der Waals surface area contributed by atoms with Gasteiger partial charge in [-0.1, -0.05) is 24.3 Å². The predicted octanol–water partition coefficient (Wildman–Crippen LogP) is 2.02. The van der Waals surface area contributed by atoms with E-state index in [-0.39, 0.29) is 6.04 Å². The van der Waals surface area contributed by atoms with E-state index >= 15 is 0 Å². The number of thiophene rings is 1. The quantitative estimate of drug-likeness (QED) is 0.851. The van der Waals surface area contributed by atoms with Crippen LogP contribution in [0.4, 0.5) is 0 Å². The zero-order valence-corrected chi connectivity index (χ0v) is 15.4. The van der Waals surface area contributed by atoms with E-state index in [1.54, 1.807) is 35.6 Å². The zero-order valence-electron chi connectivity index (χ0n) is 13.8. The minimum Gasteiger partial charge on any atom is -0.304 e. The van der Waals surface area contributed by atoms with Gasteiger partial charge in [-0.2, -0.15) is 0 Å². The van der Waals surface area contributed by atoms with Crippen LogP contribution in [0.3, 0.4) is 0 Å². The number of nitrogens with zero attached hydrogens (tertiary/aromatic N) is 2. The second-order valence-corrected chi connectivity index (χ2v) is 8.78. The number of sulfonamides is 1. The number of hydrogen-bond acceptors (Lipinski definition) is 5. The summed E-state index contributed by atoms with van der Waals surface area (Å²) in [5.41, 5.74) is 0. The summed E-state index contributed by atoms with van der Waals surface area (Å²) in [7, 11) is -1.36. The van der Waals surface area contributed by atoms with Crippen LogP contribution in [0.1, 0.15) is 10.9 Å². The Balaban J connectivity index is 1.73. The van der Waals surface area contributed by atoms with Crippen LogP contribution in [-0.2, 0) is 10.0 Å². The van der Waals surface area contributed by atoms with Gasteiger partial charge in [0.1, 0.15) is 0 Å². The summed E-state index contributed by atoms with van der Waals surface area (Å²) in [6, 6.07) is 12.7. The summed E-state index contributed by atoms with van der Waals surface area (Å²) in [4.78, 5) is 6.19. The second kappa shape index (κ2) is 7.76. The first-order chi connectivity index (χ1) is 11.6. The van der Waals surface area contributed by atoms with Crippen molar-refractivity contribution in [1.82, 2.24) is 14.5 Å². The highest BCUT2D eigenvalue weighted by atomic mass is 32.2. The van der Waals surface area contributed by atoms with Crippen molar-refractivity contribution in [3.05, 3.63) is 52.7 Å². The summed E-state index contributed by atoms with van der Waals surface area (Å²) in [6.45, 7) is 4.31. The van der Waals surface area contributed by atoms with Crippen LogP contribution in [-0.4, -0.2) is 58.0 Å². The van der Waals surface area contributed by atoms with Gasteiger partial charge >= 0.3 is 0 Å². The van der Waals surface area contributed by atoms with E-state index in [1.165, 1.54) is 4.88 Å². The number of rotatable bonds is 6. The number of hydrogen-bond donors (Lipinski definition) is 1. The van der Waals surface area contributed by atoms with Crippen molar-refractivity contribution in [2.75, 3.05) is 39.8 Å². The molecule has 2 heterocycles. The maximum absolute atomic E-state index is 12.5. The average Bonchev–Trinajstić information content (AvgIpc) is 3.12. The second-order valence-electron chi connectivity index (χ2n) is 6.04. The molecule has 0 saturated carbocycles. The molecule has 1 aromatic carbocycles. The maximum atomic E-state index is 12.5. The van der Waals surface area contributed by atoms with Crippen LogP contribution in [0.25, 0.3) is 0 Å². The predicted molar refractivity (Wildman–Crippen MR) is 97.8 cm³/mol. The summed E-state index contributed by atoms with van der Waals surface area (Å²) in [5, 5.41) is 2.05. The number of likely N-dealkylation sites (N-methyl/N-ethyl adjacent to an activating group) is 1. The molecule has 130 valence electrons. The monoisotopic (exact) mass is 365 g/mol. The highest BCUT2D eigenvalue weighted by molar-refractivity contribution is 7.89. The molecular formula is C17H23N3O2S2. The van der Waals surface area contributed by atoms with Gasteiger partial charge in [-0.25, -0.2) is 13.1 Å². The van der Waals surface area contributed by atoms with Gasteiger partial charge in [0, 0.05) is 37.6 Å². The first-order valence-electron chi connectivity index (χ1n) is 8.07. The van der Waals surface area contributed by atoms with Crippen LogP contribution in [0.5, 0.6) is 0 Å². The van der Waals surface area contributed by atoms with Crippen LogP contribution in [0.15, 0.2) is 52.7 Å². The maximum Gasteiger partial charge on any atom is 0.240 e. The van der Waals surface area contributed by atoms with Gasteiger partial charge in [-0.15, -0.1) is 11.3 Å². The minimum atomic E-state index is -3.48. The zero-order chi connectivity index (χ0) is 17.0. The fourth-order valence-electron chi connectivity index (χ4n) is 2.90. The highest BCUT2D eigenvalue weighted by Gasteiger charge is 2.26. The van der Waals surface area contributed by atoms with E-state index in [0.717, 1.165) is 26.2 Å². The SMILES string of the molecule is CN1CCN(C(CNS(=O)(=O)c2ccccc2)c2cccs2)CC1. The van der Waals surface area contributed by atoms with Gasteiger partial charge in [-0.3, -0.25) is 4.90 Å². The molecule has 7 heteroatoms. The fourth-order valence-corrected chi connectivity index (χ4v) is 4.82. The van der Waals surface area contributed by atoms with Crippen molar-refractivity contribution >= 4 is 21.4 Å². The van der Waals surface area contributed by atoms with Gasteiger partial charge in [0.05, 0.1) is 10.9 Å². The lowest BCUT2D eigenvalue weighted by Gasteiger charge is -2.37. The summed E-state index contributed by atoms with van der Waals surface area (Å²) < 4.78 is 27.8. The van der Waals surface area contributed by atoms with Crippen molar-refractivity contribution in [3.63, 3.8) is 0 Å². The standard InChI is InChI=1S/C17H23N3O2S2/c1-19-9-11-20(12-10-19)16(17-8-5-13-23-17)14-18-24(21,22)15-6-3-2-4-7-15/h2-8,13,16,18H,9-12,14H2,1H3. The smallest absolute Gasteiger partial charge is 0.240 e. The molecule has 1 aliphatic rings. The Hall–Kier alpha value is -1.25. The van der Waals surface area contributed by atoms with Gasteiger partial charge in [-0.05, 0) is 30.6 Å². The van der Waals surface area contributed by atoms with Crippen molar-refractivity contribution in [3.8, 4) is 0 Å². The van der Waals surface area contributed by atoms with Crippen LogP contribution >= 0.6 is 11.3 Å². The Morgan fingerprint density at radius 3 is 2.42 bits per heavy atom. The lowest BCUT2D eigenvalue weighted by atomic mass is 10.2. The largest absolute Gasteiger partial charge is 0.304 e. The third-order valence-electron chi connectivity index (χ3n) is 4.37. The van der Waals surface area contributed by atoms with Gasteiger partial charge < -0.3 is 4.90 Å². The first-order valence-corrected chi connectivity index (χ1v) is 10.4. The Morgan fingerprint density at radius 2 is 1.79 bits per heavy atom. The van der Waals surface area contributed by atoms with Crippen molar-refractivity contribution in [1.29, 1.82) is 0 Å². The minimum absolute atomic E-state index is 0.0807. The van der Waals surface area contributed by atoms with E-state index in [4.69, 9.17) is 0 Å². The Morgan fingerprint density at radius 1 is 1.08 bits per heavy atom. The molecule has 1 saturated heterocycles. The van der Waals surface area contributed by atoms with E-state index in [2.05, 4.69) is 27.6 Å². The molecule has 1 aliphatic heterocycles. The van der Waals surface area contributed by atoms with Crippen LogP contribution in [0.2, 0.25) is 0 Å². The lowest BCUT2D eigenvalue weighted by molar-refractivity contribution is 0.114. The molecular weight excluding hydrogens is 342 g/mol. The normalized spacial score (nSPS) is 18.5. The number of benzene rings is 1. The molecule has 1 fully saturated rings. The van der Waals surface area contributed by atoms with Crippen molar-refractivity contribution in [2.24, 2.45) is 0 Å². The molecule has 2 aromatic rings. The van der Waals surface area contributed by atoms with E-state index in [1.807, 2.05) is 17.5 Å². The highest BCUT2D eigenvalue weighted by Crippen LogP contribution is 2.26. The molecule has 0 bridgehead atoms. The van der Waals surface area contributed by atoms with Crippen molar-refractivity contribution < 1.29 is 8.42 Å². The van der Waals surface area contributed by atoms with Crippen LogP contribution < -0.4 is 4.72 Å². The molecule has 5 nitrogen and oxygen atoms in total. The summed E-state index contributed by atoms with van der Waals surface area (Å²) in [5.74, 6) is 0. The topological polar surface area (TPSA) is 52.6 Å². The van der Waals surface area contributed by atoms with Crippen LogP contribution in [0, 0.1) is 0 Å². The molecule has 1 aromatic heterocycles. The summed E-state index contributed by atoms with van der Waals surface area (Å²) >= 11 is 1.68. The third-order valence-corrected chi connectivity index (χ3v) is 6.78. The first kappa shape index (κ1) is 17.6. The third kappa shape index (κ3) is 4.23. The van der Waals surface area contributed by atoms with E-state index < -0.39 is 10.0 Å². The molecule has 1 unspecified atom stereocenters. The number of piperazine rings is 1. The lowest BCUT2D eigenvalue weighted by Crippen LogP contribution is -2.48. The summed E-state index contributed by atoms with van der Waals surface area (Å²) in [6.07, 6.45) is 0. The molecule has 1 N–H and O–H groups in total. The Bertz CT molecular complexity index is 724. The molecule has 1 atom stereocenters. The van der Waals surface area contributed by atoms with Gasteiger partial charge in [0.2, 0.25) is 10.0 Å². The number of nitrogens with one attached hydrogen (secondary N) is 1. The molecule has 3 rings (SSSR count). The Kier molecular flexibility index (Phi) is 5.68. The van der Waals surface area contributed by atoms with E-state index in [0.29, 0.717) is 11.4 Å². The van der Waals surface area contributed by atoms with Crippen molar-refractivity contribution in [2.45, 2.75) is 10.9 Å².